The van der Waals surface area contributed by atoms with Crippen LogP contribution in [0.15, 0.2) is 23.2 Å². The molecule has 3 rings (SSSR count). The topological polar surface area (TPSA) is 76.4 Å². The van der Waals surface area contributed by atoms with Gasteiger partial charge in [0.25, 0.3) is 0 Å². The van der Waals surface area contributed by atoms with Gasteiger partial charge in [-0.25, -0.2) is 0 Å². The van der Waals surface area contributed by atoms with Crippen molar-refractivity contribution in [3.63, 3.8) is 0 Å². The standard InChI is InChI=1S/C18H23ClF2N6O.HI/c1-22-18(23-10-12-9-13(19)6-7-14(12)28-17(20)21)24-11-16-26-25-15-5-3-2-4-8-27(15)16;/h6-7,9,17H,2-5,8,10-11H2,1H3,(H2,22,23,24);1H. The number of rotatable bonds is 6. The van der Waals surface area contributed by atoms with Gasteiger partial charge in [0, 0.05) is 37.1 Å². The summed E-state index contributed by atoms with van der Waals surface area (Å²) in [6.07, 6.45) is 4.40. The molecule has 7 nitrogen and oxygen atoms in total. The number of hydrogen-bond donors (Lipinski definition) is 2. The van der Waals surface area contributed by atoms with Crippen LogP contribution in [-0.4, -0.2) is 34.4 Å². The summed E-state index contributed by atoms with van der Waals surface area (Å²) in [5.41, 5.74) is 0.507. The van der Waals surface area contributed by atoms with Crippen molar-refractivity contribution in [1.82, 2.24) is 25.4 Å². The molecule has 0 unspecified atom stereocenters. The van der Waals surface area contributed by atoms with Crippen LogP contribution >= 0.6 is 35.6 Å². The second-order valence-corrected chi connectivity index (χ2v) is 6.84. The lowest BCUT2D eigenvalue weighted by molar-refractivity contribution is -0.0504. The lowest BCUT2D eigenvalue weighted by Crippen LogP contribution is -2.37. The number of aromatic nitrogens is 3. The predicted molar refractivity (Wildman–Crippen MR) is 118 cm³/mol. The van der Waals surface area contributed by atoms with E-state index in [0.717, 1.165) is 37.5 Å². The van der Waals surface area contributed by atoms with Gasteiger partial charge in [-0.05, 0) is 31.0 Å². The van der Waals surface area contributed by atoms with Crippen molar-refractivity contribution in [3.8, 4) is 5.75 Å². The normalized spacial score (nSPS) is 14.0. The number of alkyl halides is 2. The summed E-state index contributed by atoms with van der Waals surface area (Å²) in [6.45, 7) is -1.30. The number of guanidine groups is 1. The fourth-order valence-corrected chi connectivity index (χ4v) is 3.33. The van der Waals surface area contributed by atoms with Crippen LogP contribution in [0.5, 0.6) is 5.75 Å². The summed E-state index contributed by atoms with van der Waals surface area (Å²) in [5.74, 6) is 2.45. The molecular weight excluding hydrogens is 517 g/mol. The first-order valence-corrected chi connectivity index (χ1v) is 9.53. The molecule has 2 aromatic rings. The molecule has 1 aromatic heterocycles. The summed E-state index contributed by atoms with van der Waals surface area (Å²) in [4.78, 5) is 4.16. The Morgan fingerprint density at radius 3 is 2.79 bits per heavy atom. The quantitative estimate of drug-likeness (QED) is 0.332. The van der Waals surface area contributed by atoms with Gasteiger partial charge in [0.15, 0.2) is 11.8 Å². The summed E-state index contributed by atoms with van der Waals surface area (Å²) in [5, 5.41) is 15.2. The molecule has 0 amide bonds. The number of ether oxygens (including phenoxy) is 1. The van der Waals surface area contributed by atoms with E-state index in [-0.39, 0.29) is 36.3 Å². The number of aryl methyl sites for hydroxylation is 1. The average Bonchev–Trinajstić information content (AvgIpc) is 2.90. The highest BCUT2D eigenvalue weighted by Crippen LogP contribution is 2.24. The fourth-order valence-electron chi connectivity index (χ4n) is 3.14. The highest BCUT2D eigenvalue weighted by Gasteiger charge is 2.15. The number of halogens is 4. The smallest absolute Gasteiger partial charge is 0.387 e. The van der Waals surface area contributed by atoms with E-state index in [1.165, 1.54) is 18.6 Å². The first-order chi connectivity index (χ1) is 13.6. The van der Waals surface area contributed by atoms with Crippen LogP contribution in [0.2, 0.25) is 5.02 Å². The third kappa shape index (κ3) is 6.66. The third-order valence-electron chi connectivity index (χ3n) is 4.51. The van der Waals surface area contributed by atoms with Crippen molar-refractivity contribution in [2.45, 2.75) is 51.9 Å². The molecule has 1 aliphatic rings. The Morgan fingerprint density at radius 1 is 1.24 bits per heavy atom. The maximum atomic E-state index is 12.6. The van der Waals surface area contributed by atoms with Crippen LogP contribution in [0.1, 0.15) is 36.5 Å². The Labute approximate surface area is 190 Å². The van der Waals surface area contributed by atoms with E-state index in [2.05, 4.69) is 35.1 Å². The van der Waals surface area contributed by atoms with Gasteiger partial charge in [-0.1, -0.05) is 18.0 Å². The van der Waals surface area contributed by atoms with E-state index in [4.69, 9.17) is 11.6 Å². The summed E-state index contributed by atoms with van der Waals surface area (Å²) in [6, 6.07) is 4.51. The second kappa shape index (κ2) is 11.5. The van der Waals surface area contributed by atoms with Gasteiger partial charge in [0.2, 0.25) is 0 Å². The zero-order valence-corrected chi connectivity index (χ0v) is 19.1. The van der Waals surface area contributed by atoms with E-state index in [0.29, 0.717) is 23.1 Å². The summed E-state index contributed by atoms with van der Waals surface area (Å²) in [7, 11) is 1.63. The number of nitrogens with one attached hydrogen (secondary N) is 2. The van der Waals surface area contributed by atoms with E-state index in [9.17, 15) is 8.78 Å². The number of aliphatic imine (C=N–C) groups is 1. The minimum absolute atomic E-state index is 0. The Kier molecular flexibility index (Phi) is 9.34. The zero-order chi connectivity index (χ0) is 19.9. The van der Waals surface area contributed by atoms with Crippen LogP contribution in [0.4, 0.5) is 8.78 Å². The second-order valence-electron chi connectivity index (χ2n) is 6.40. The Bertz CT molecular complexity index is 833. The zero-order valence-electron chi connectivity index (χ0n) is 16.0. The molecule has 1 aliphatic heterocycles. The number of fused-ring (bicyclic) bond motifs is 1. The van der Waals surface area contributed by atoms with E-state index >= 15 is 0 Å². The molecule has 0 fully saturated rings. The number of benzene rings is 1. The molecule has 0 radical (unpaired) electrons. The van der Waals surface area contributed by atoms with Gasteiger partial charge in [-0.2, -0.15) is 8.78 Å². The van der Waals surface area contributed by atoms with Gasteiger partial charge in [-0.3, -0.25) is 4.99 Å². The molecule has 2 N–H and O–H groups in total. The Balaban J connectivity index is 0.00000300. The van der Waals surface area contributed by atoms with Crippen LogP contribution in [0, 0.1) is 0 Å². The molecule has 0 atom stereocenters. The predicted octanol–water partition coefficient (Wildman–Crippen LogP) is 3.74. The lowest BCUT2D eigenvalue weighted by atomic mass is 10.2. The monoisotopic (exact) mass is 540 g/mol. The molecule has 11 heteroatoms. The minimum atomic E-state index is -2.90. The van der Waals surface area contributed by atoms with Gasteiger partial charge >= 0.3 is 6.61 Å². The van der Waals surface area contributed by atoms with Gasteiger partial charge in [-0.15, -0.1) is 34.2 Å². The molecule has 0 saturated carbocycles. The lowest BCUT2D eigenvalue weighted by Gasteiger charge is -2.15. The molecule has 29 heavy (non-hydrogen) atoms. The maximum absolute atomic E-state index is 12.6. The molecule has 160 valence electrons. The molecule has 0 spiro atoms. The van der Waals surface area contributed by atoms with Gasteiger partial charge in [0.1, 0.15) is 11.6 Å². The van der Waals surface area contributed by atoms with E-state index < -0.39 is 6.61 Å². The van der Waals surface area contributed by atoms with Gasteiger partial charge < -0.3 is 19.9 Å². The van der Waals surface area contributed by atoms with Crippen LogP contribution in [-0.2, 0) is 26.1 Å². The molecule has 1 aromatic carbocycles. The van der Waals surface area contributed by atoms with Crippen molar-refractivity contribution in [2.24, 2.45) is 4.99 Å². The van der Waals surface area contributed by atoms with E-state index in [1.807, 2.05) is 0 Å². The highest BCUT2D eigenvalue weighted by atomic mass is 127. The summed E-state index contributed by atoms with van der Waals surface area (Å²) >= 11 is 5.98. The SMILES string of the molecule is CN=C(NCc1cc(Cl)ccc1OC(F)F)NCc1nnc2n1CCCCC2.I. The molecule has 2 heterocycles. The fraction of sp³-hybridized carbons (Fsp3) is 0.500. The molecule has 0 aliphatic carbocycles. The van der Waals surface area contributed by atoms with Gasteiger partial charge in [0.05, 0.1) is 6.54 Å². The van der Waals surface area contributed by atoms with E-state index in [1.54, 1.807) is 13.1 Å². The molecular formula is C18H24ClF2IN6O. The molecule has 0 bridgehead atoms. The van der Waals surface area contributed by atoms with Crippen molar-refractivity contribution < 1.29 is 13.5 Å². The van der Waals surface area contributed by atoms with Crippen molar-refractivity contribution in [1.29, 1.82) is 0 Å². The maximum Gasteiger partial charge on any atom is 0.387 e. The first kappa shape index (κ1) is 23.6. The Morgan fingerprint density at radius 2 is 2.03 bits per heavy atom. The highest BCUT2D eigenvalue weighted by molar-refractivity contribution is 14.0. The van der Waals surface area contributed by atoms with Crippen LogP contribution in [0.25, 0.3) is 0 Å². The first-order valence-electron chi connectivity index (χ1n) is 9.15. The van der Waals surface area contributed by atoms with Crippen molar-refractivity contribution in [2.75, 3.05) is 7.05 Å². The van der Waals surface area contributed by atoms with Crippen LogP contribution in [0.3, 0.4) is 0 Å². The largest absolute Gasteiger partial charge is 0.434 e. The van der Waals surface area contributed by atoms with Crippen LogP contribution < -0.4 is 15.4 Å². The third-order valence-corrected chi connectivity index (χ3v) is 4.74. The minimum Gasteiger partial charge on any atom is -0.434 e. The number of hydrogen-bond acceptors (Lipinski definition) is 4. The van der Waals surface area contributed by atoms with Crippen molar-refractivity contribution >= 4 is 41.5 Å². The summed E-state index contributed by atoms with van der Waals surface area (Å²) < 4.78 is 31.9. The molecule has 0 saturated heterocycles. The average molecular weight is 541 g/mol. The van der Waals surface area contributed by atoms with Crippen molar-refractivity contribution in [3.05, 3.63) is 40.4 Å². The Hall–Kier alpha value is -1.69. The number of nitrogens with zero attached hydrogens (tertiary/aromatic N) is 4.